The van der Waals surface area contributed by atoms with Crippen LogP contribution in [0.3, 0.4) is 0 Å². The molecule has 0 saturated carbocycles. The molecule has 10 heteroatoms. The van der Waals surface area contributed by atoms with E-state index < -0.39 is 28.4 Å². The second-order valence-electron chi connectivity index (χ2n) is 5.71. The summed E-state index contributed by atoms with van der Waals surface area (Å²) in [7, 11) is 0. The van der Waals surface area contributed by atoms with Gasteiger partial charge in [-0.3, -0.25) is 29.4 Å². The first-order chi connectivity index (χ1) is 13.3. The second-order valence-corrected chi connectivity index (χ2v) is 7.86. The summed E-state index contributed by atoms with van der Waals surface area (Å²) in [5.74, 6) is -0.981. The fourth-order valence-electron chi connectivity index (χ4n) is 2.40. The number of Topliss-reactive ketones (excluding diaryl/α,β-unsaturated/α-hetero) is 1. The van der Waals surface area contributed by atoms with Crippen LogP contribution in [-0.4, -0.2) is 38.4 Å². The first kappa shape index (κ1) is 20.0. The second kappa shape index (κ2) is 8.10. The molecule has 0 bridgehead atoms. The molecule has 1 heterocycles. The van der Waals surface area contributed by atoms with Gasteiger partial charge in [0.25, 0.3) is 16.8 Å². The molecule has 28 heavy (non-hydrogen) atoms. The molecule has 0 aliphatic carbocycles. The Kier molecular flexibility index (Phi) is 5.79. The summed E-state index contributed by atoms with van der Waals surface area (Å²) >= 11 is 2.67. The summed E-state index contributed by atoms with van der Waals surface area (Å²) in [6.07, 6.45) is 1.52. The highest BCUT2D eigenvalue weighted by atomic mass is 127. The van der Waals surface area contributed by atoms with Gasteiger partial charge < -0.3 is 5.11 Å². The summed E-state index contributed by atoms with van der Waals surface area (Å²) in [6.45, 7) is -0.451. The molecule has 2 aromatic carbocycles. The molecular formula is C18H11IN2O6S. The molecule has 1 fully saturated rings. The van der Waals surface area contributed by atoms with E-state index in [-0.39, 0.29) is 21.9 Å². The summed E-state index contributed by atoms with van der Waals surface area (Å²) in [5.41, 5.74) is 0.644. The normalized spacial score (nSPS) is 15.3. The van der Waals surface area contributed by atoms with Gasteiger partial charge in [-0.2, -0.15) is 0 Å². The number of ketones is 1. The minimum atomic E-state index is -0.589. The largest absolute Gasteiger partial charge is 0.507 e. The first-order valence-electron chi connectivity index (χ1n) is 7.78. The van der Waals surface area contributed by atoms with Crippen molar-refractivity contribution in [2.24, 2.45) is 0 Å². The highest BCUT2D eigenvalue weighted by Crippen LogP contribution is 2.33. The maximum atomic E-state index is 12.5. The summed E-state index contributed by atoms with van der Waals surface area (Å²) < 4.78 is 0.596. The van der Waals surface area contributed by atoms with E-state index in [0.717, 1.165) is 16.7 Å². The summed E-state index contributed by atoms with van der Waals surface area (Å²) in [6, 6.07) is 9.69. The van der Waals surface area contributed by atoms with Crippen LogP contribution in [0.1, 0.15) is 15.9 Å². The molecule has 0 spiro atoms. The van der Waals surface area contributed by atoms with Crippen LogP contribution in [0.15, 0.2) is 47.4 Å². The molecule has 1 aliphatic rings. The molecule has 0 unspecified atom stereocenters. The lowest BCUT2D eigenvalue weighted by molar-refractivity contribution is -0.384. The van der Waals surface area contributed by atoms with E-state index >= 15 is 0 Å². The van der Waals surface area contributed by atoms with Crippen molar-refractivity contribution in [3.63, 3.8) is 0 Å². The minimum absolute atomic E-state index is 0.111. The molecule has 0 aromatic heterocycles. The van der Waals surface area contributed by atoms with Crippen molar-refractivity contribution in [1.29, 1.82) is 0 Å². The van der Waals surface area contributed by atoms with Crippen LogP contribution in [-0.2, 0) is 4.79 Å². The standard InChI is InChI=1S/C18H11IN2O6S/c19-13-7-10(1-6-14(13)22)8-16-17(24)20(18(25)28-16)9-15(23)11-2-4-12(5-3-11)21(26)27/h1-8,22H,9H2/b16-8-. The zero-order valence-corrected chi connectivity index (χ0v) is 17.0. The predicted octanol–water partition coefficient (Wildman–Crippen LogP) is 3.82. The van der Waals surface area contributed by atoms with Crippen molar-refractivity contribution in [2.75, 3.05) is 6.54 Å². The average molecular weight is 510 g/mol. The lowest BCUT2D eigenvalue weighted by Gasteiger charge is -2.11. The number of carbonyl (C=O) groups excluding carboxylic acids is 3. The van der Waals surface area contributed by atoms with Gasteiger partial charge in [0, 0.05) is 17.7 Å². The zero-order chi connectivity index (χ0) is 20.4. The van der Waals surface area contributed by atoms with E-state index in [1.54, 1.807) is 12.1 Å². The number of hydrogen-bond acceptors (Lipinski definition) is 7. The van der Waals surface area contributed by atoms with Gasteiger partial charge in [0.15, 0.2) is 5.78 Å². The molecular weight excluding hydrogens is 499 g/mol. The molecule has 142 valence electrons. The number of amides is 2. The maximum absolute atomic E-state index is 12.5. The Bertz CT molecular complexity index is 1030. The van der Waals surface area contributed by atoms with Gasteiger partial charge in [-0.05, 0) is 70.3 Å². The van der Waals surface area contributed by atoms with E-state index in [1.807, 2.05) is 22.6 Å². The van der Waals surface area contributed by atoms with Gasteiger partial charge in [0.1, 0.15) is 5.75 Å². The number of nitro benzene ring substituents is 1. The number of phenols is 1. The minimum Gasteiger partial charge on any atom is -0.507 e. The molecule has 1 N–H and O–H groups in total. The Morgan fingerprint density at radius 1 is 1.21 bits per heavy atom. The Morgan fingerprint density at radius 3 is 2.50 bits per heavy atom. The number of imide groups is 1. The predicted molar refractivity (Wildman–Crippen MR) is 111 cm³/mol. The van der Waals surface area contributed by atoms with Crippen molar-refractivity contribution >= 4 is 63.0 Å². The van der Waals surface area contributed by atoms with Crippen LogP contribution in [0.25, 0.3) is 6.08 Å². The van der Waals surface area contributed by atoms with Crippen LogP contribution in [0.4, 0.5) is 10.5 Å². The third-order valence-electron chi connectivity index (χ3n) is 3.84. The number of halogens is 1. The highest BCUT2D eigenvalue weighted by Gasteiger charge is 2.36. The number of nitro groups is 1. The van der Waals surface area contributed by atoms with Crippen molar-refractivity contribution < 1.29 is 24.4 Å². The number of rotatable bonds is 5. The molecule has 8 nitrogen and oxygen atoms in total. The van der Waals surface area contributed by atoms with Crippen LogP contribution in [0.2, 0.25) is 0 Å². The van der Waals surface area contributed by atoms with Gasteiger partial charge in [0.2, 0.25) is 0 Å². The topological polar surface area (TPSA) is 118 Å². The summed E-state index contributed by atoms with van der Waals surface area (Å²) in [5, 5.41) is 19.7. The van der Waals surface area contributed by atoms with Crippen LogP contribution < -0.4 is 0 Å². The molecule has 2 aromatic rings. The van der Waals surface area contributed by atoms with Crippen molar-refractivity contribution in [3.8, 4) is 5.75 Å². The number of carbonyl (C=O) groups is 3. The SMILES string of the molecule is O=C(CN1C(=O)S/C(=C\c2ccc(O)c(I)c2)C1=O)c1ccc([N+](=O)[O-])cc1. The zero-order valence-electron chi connectivity index (χ0n) is 14.0. The molecule has 0 radical (unpaired) electrons. The number of benzene rings is 2. The number of phenolic OH excluding ortho intramolecular Hbond substituents is 1. The van der Waals surface area contributed by atoms with Gasteiger partial charge in [0.05, 0.1) is 19.9 Å². The monoisotopic (exact) mass is 510 g/mol. The Hall–Kier alpha value is -2.73. The van der Waals surface area contributed by atoms with Gasteiger partial charge in [-0.1, -0.05) is 6.07 Å². The Morgan fingerprint density at radius 2 is 1.89 bits per heavy atom. The van der Waals surface area contributed by atoms with E-state index in [9.17, 15) is 29.6 Å². The molecule has 2 amide bonds. The van der Waals surface area contributed by atoms with Crippen molar-refractivity contribution in [2.45, 2.75) is 0 Å². The van der Waals surface area contributed by atoms with E-state index in [1.165, 1.54) is 36.4 Å². The lowest BCUT2D eigenvalue weighted by atomic mass is 10.1. The molecule has 3 rings (SSSR count). The fraction of sp³-hybridized carbons (Fsp3) is 0.0556. The maximum Gasteiger partial charge on any atom is 0.293 e. The number of aromatic hydroxyl groups is 1. The average Bonchev–Trinajstić information content (AvgIpc) is 2.92. The Labute approximate surface area is 176 Å². The van der Waals surface area contributed by atoms with E-state index in [4.69, 9.17) is 0 Å². The number of nitrogens with zero attached hydrogens (tertiary/aromatic N) is 2. The van der Waals surface area contributed by atoms with Gasteiger partial charge >= 0.3 is 0 Å². The number of non-ortho nitro benzene ring substituents is 1. The van der Waals surface area contributed by atoms with E-state index in [2.05, 4.69) is 0 Å². The number of hydrogen-bond donors (Lipinski definition) is 1. The van der Waals surface area contributed by atoms with Gasteiger partial charge in [-0.25, -0.2) is 0 Å². The fourth-order valence-corrected chi connectivity index (χ4v) is 3.78. The van der Waals surface area contributed by atoms with Gasteiger partial charge in [-0.15, -0.1) is 0 Å². The van der Waals surface area contributed by atoms with Crippen LogP contribution in [0, 0.1) is 13.7 Å². The molecule has 1 saturated heterocycles. The summed E-state index contributed by atoms with van der Waals surface area (Å²) in [4.78, 5) is 48.1. The smallest absolute Gasteiger partial charge is 0.293 e. The quantitative estimate of drug-likeness (QED) is 0.214. The third kappa shape index (κ3) is 4.22. The third-order valence-corrected chi connectivity index (χ3v) is 5.62. The number of thioether (sulfide) groups is 1. The van der Waals surface area contributed by atoms with E-state index in [0.29, 0.717) is 9.13 Å². The Balaban J connectivity index is 1.76. The van der Waals surface area contributed by atoms with Crippen LogP contribution in [0.5, 0.6) is 5.75 Å². The van der Waals surface area contributed by atoms with Crippen LogP contribution >= 0.6 is 34.4 Å². The molecule has 1 aliphatic heterocycles. The highest BCUT2D eigenvalue weighted by molar-refractivity contribution is 14.1. The first-order valence-corrected chi connectivity index (χ1v) is 9.67. The molecule has 0 atom stereocenters. The van der Waals surface area contributed by atoms with Crippen molar-refractivity contribution in [1.82, 2.24) is 4.90 Å². The lowest BCUT2D eigenvalue weighted by Crippen LogP contribution is -2.33. The van der Waals surface area contributed by atoms with Crippen molar-refractivity contribution in [3.05, 3.63) is 72.2 Å².